The number of nitriles is 2. The van der Waals surface area contributed by atoms with Crippen molar-refractivity contribution in [3.8, 4) is 46.3 Å². The summed E-state index contributed by atoms with van der Waals surface area (Å²) in [5.41, 5.74) is 18.5. The number of rotatable bonds is 4. The maximum atomic E-state index is 10.3. The van der Waals surface area contributed by atoms with Gasteiger partial charge in [-0.1, -0.05) is 145 Å². The number of fused-ring (bicyclic) bond motifs is 21. The van der Waals surface area contributed by atoms with Gasteiger partial charge in [-0.2, -0.15) is 10.5 Å². The van der Waals surface area contributed by atoms with E-state index in [9.17, 15) is 10.5 Å². The van der Waals surface area contributed by atoms with Crippen molar-refractivity contribution >= 4 is 99.0 Å². The van der Waals surface area contributed by atoms with Crippen molar-refractivity contribution in [3.05, 3.63) is 276 Å². The Labute approximate surface area is 472 Å². The third-order valence-corrected chi connectivity index (χ3v) is 18.8. The normalized spacial score (nSPS) is 13.1. The quantitative estimate of drug-likeness (QED) is 0.175. The summed E-state index contributed by atoms with van der Waals surface area (Å²) in [6.45, 7) is 0. The van der Waals surface area contributed by atoms with Gasteiger partial charge in [0.05, 0.1) is 119 Å². The first-order valence-electron chi connectivity index (χ1n) is 27.4. The predicted octanol–water partition coefficient (Wildman–Crippen LogP) is 17.4. The summed E-state index contributed by atoms with van der Waals surface area (Å²) < 4.78 is 9.55. The molecule has 378 valence electrons. The lowest BCUT2D eigenvalue weighted by molar-refractivity contribution is 0.713. The van der Waals surface area contributed by atoms with Gasteiger partial charge in [0.1, 0.15) is 0 Å². The first-order chi connectivity index (χ1) is 40.6. The highest BCUT2D eigenvalue weighted by atomic mass is 32.2. The van der Waals surface area contributed by atoms with E-state index in [0.29, 0.717) is 11.1 Å². The Morgan fingerprint density at radius 3 is 1.00 bits per heavy atom. The molecule has 0 atom stereocenters. The van der Waals surface area contributed by atoms with Gasteiger partial charge in [0, 0.05) is 64.0 Å². The number of hydrogen-bond acceptors (Lipinski definition) is 5. The molecule has 6 aromatic heterocycles. The zero-order chi connectivity index (χ0) is 53.9. The lowest BCUT2D eigenvalue weighted by Crippen LogP contribution is -2.33. The van der Waals surface area contributed by atoms with E-state index in [0.717, 1.165) is 121 Å². The van der Waals surface area contributed by atoms with Crippen molar-refractivity contribution in [2.75, 3.05) is 0 Å². The average molecular weight is 1060 g/mol. The zero-order valence-electron chi connectivity index (χ0n) is 43.6. The van der Waals surface area contributed by atoms with Gasteiger partial charge < -0.3 is 18.3 Å². The number of para-hydroxylation sites is 6. The lowest BCUT2D eigenvalue weighted by atomic mass is 9.67. The van der Waals surface area contributed by atoms with E-state index >= 15 is 0 Å². The molecule has 0 amide bonds. The third kappa shape index (κ3) is 5.78. The lowest BCUT2D eigenvalue weighted by Gasteiger charge is -2.41. The Hall–Kier alpha value is -11.0. The first kappa shape index (κ1) is 45.0. The van der Waals surface area contributed by atoms with Crippen molar-refractivity contribution in [1.29, 1.82) is 10.5 Å². The van der Waals surface area contributed by atoms with E-state index in [2.05, 4.69) is 237 Å². The number of pyridine rings is 2. The molecule has 1 aliphatic carbocycles. The third-order valence-electron chi connectivity index (χ3n) is 17.5. The summed E-state index contributed by atoms with van der Waals surface area (Å²) in [5.74, 6) is 0. The van der Waals surface area contributed by atoms with Crippen LogP contribution >= 0.6 is 11.8 Å². The van der Waals surface area contributed by atoms with E-state index in [4.69, 9.17) is 9.97 Å². The van der Waals surface area contributed by atoms with Gasteiger partial charge in [-0.05, 0) is 108 Å². The SMILES string of the molecule is N#Cc1ccc2c(c1)c1cc(C#N)ccc1n2-c1cccc2c1Sc1c(-n3c4ccccc4c4ccccc43)cccc1C21c2cc(-n3c4ccccc4c4ccccc43)cnc2-c2ncc(-n3c4ccccc4c4ccccc43)cc21. The van der Waals surface area contributed by atoms with Crippen LogP contribution < -0.4 is 0 Å². The maximum Gasteiger partial charge on any atom is 0.0991 e. The highest BCUT2D eigenvalue weighted by Gasteiger charge is 2.53. The van der Waals surface area contributed by atoms with Crippen molar-refractivity contribution in [3.63, 3.8) is 0 Å². The Balaban J connectivity index is 1.02. The van der Waals surface area contributed by atoms with Gasteiger partial charge in [-0.3, -0.25) is 9.97 Å². The summed E-state index contributed by atoms with van der Waals surface area (Å²) >= 11 is 1.81. The number of benzene rings is 10. The van der Waals surface area contributed by atoms with Crippen LogP contribution in [0.3, 0.4) is 0 Å². The molecule has 0 bridgehead atoms. The minimum Gasteiger partial charge on any atom is -0.308 e. The van der Waals surface area contributed by atoms with Gasteiger partial charge in [-0.25, -0.2) is 0 Å². The van der Waals surface area contributed by atoms with E-state index in [1.54, 1.807) is 11.8 Å². The van der Waals surface area contributed by atoms with Crippen LogP contribution in [0.2, 0.25) is 0 Å². The van der Waals surface area contributed by atoms with Gasteiger partial charge in [0.2, 0.25) is 0 Å². The minimum atomic E-state index is -1.02. The Bertz CT molecular complexity index is 5230. The van der Waals surface area contributed by atoms with Crippen LogP contribution in [0.25, 0.3) is 121 Å². The molecule has 1 spiro atoms. The smallest absolute Gasteiger partial charge is 0.0991 e. The van der Waals surface area contributed by atoms with Crippen molar-refractivity contribution in [1.82, 2.24) is 28.2 Å². The van der Waals surface area contributed by atoms with Crippen molar-refractivity contribution < 1.29 is 0 Å². The summed E-state index contributed by atoms with van der Waals surface area (Å²) in [6.07, 6.45) is 4.08. The number of hydrogen-bond donors (Lipinski definition) is 0. The van der Waals surface area contributed by atoms with E-state index < -0.39 is 5.41 Å². The van der Waals surface area contributed by atoms with Crippen LogP contribution in [0.5, 0.6) is 0 Å². The van der Waals surface area contributed by atoms with Gasteiger partial charge >= 0.3 is 0 Å². The minimum absolute atomic E-state index is 0.555. The summed E-state index contributed by atoms with van der Waals surface area (Å²) in [5, 5.41) is 29.5. The van der Waals surface area contributed by atoms with E-state index in [1.807, 2.05) is 36.7 Å². The first-order valence-corrected chi connectivity index (χ1v) is 28.2. The fraction of sp³-hybridized carbons (Fsp3) is 0.0137. The zero-order valence-corrected chi connectivity index (χ0v) is 44.4. The van der Waals surface area contributed by atoms with E-state index in [1.165, 1.54) is 32.3 Å². The summed E-state index contributed by atoms with van der Waals surface area (Å²) in [7, 11) is 0. The van der Waals surface area contributed by atoms with Gasteiger partial charge in [0.25, 0.3) is 0 Å². The molecule has 9 heteroatoms. The molecule has 0 radical (unpaired) electrons. The monoisotopic (exact) mass is 1060 g/mol. The van der Waals surface area contributed by atoms with Crippen LogP contribution in [0.4, 0.5) is 0 Å². The molecule has 0 fully saturated rings. The molecular weight excluding hydrogens is 1020 g/mol. The predicted molar refractivity (Wildman–Crippen MR) is 330 cm³/mol. The highest BCUT2D eigenvalue weighted by molar-refractivity contribution is 7.99. The maximum absolute atomic E-state index is 10.3. The van der Waals surface area contributed by atoms with Gasteiger partial charge in [0.15, 0.2) is 0 Å². The molecule has 82 heavy (non-hydrogen) atoms. The highest BCUT2D eigenvalue weighted by Crippen LogP contribution is 2.64. The second-order valence-corrected chi connectivity index (χ2v) is 22.5. The molecule has 0 saturated carbocycles. The van der Waals surface area contributed by atoms with Crippen LogP contribution in [-0.2, 0) is 5.41 Å². The number of aromatic nitrogens is 6. The molecule has 1 aliphatic heterocycles. The van der Waals surface area contributed by atoms with E-state index in [-0.39, 0.29) is 0 Å². The summed E-state index contributed by atoms with van der Waals surface area (Å²) in [4.78, 5) is 13.5. The summed E-state index contributed by atoms with van der Waals surface area (Å²) in [6, 6.07) is 87.2. The van der Waals surface area contributed by atoms with Crippen LogP contribution in [0.1, 0.15) is 33.4 Å². The standard InChI is InChI=1S/C73H40N8S/c74-39-43-31-33-65-53(35-43)54-36-44(40-75)32-34-66(54)81(65)68-30-14-22-56-72(68)82-71-55(21-13-29-67(71)80-63-27-11-5-19-51(63)52-20-6-12-28-64(52)80)73(56)57-37-45(78-59-23-7-1-15-47(59)48-16-2-8-24-60(48)78)41-76-69(57)70-58(73)38-46(42-77-70)79-61-25-9-3-17-49(61)50-18-4-10-26-62(50)79/h1-38,41-42H. The Morgan fingerprint density at radius 1 is 0.317 bits per heavy atom. The fourth-order valence-corrected chi connectivity index (χ4v) is 15.7. The molecular formula is C73H40N8S. The Kier molecular flexibility index (Phi) is 9.07. The van der Waals surface area contributed by atoms with Crippen LogP contribution in [0.15, 0.2) is 253 Å². The molecule has 16 aromatic rings. The van der Waals surface area contributed by atoms with Crippen LogP contribution in [-0.4, -0.2) is 28.2 Å². The molecule has 7 heterocycles. The largest absolute Gasteiger partial charge is 0.308 e. The van der Waals surface area contributed by atoms with Crippen molar-refractivity contribution in [2.45, 2.75) is 15.2 Å². The molecule has 0 N–H and O–H groups in total. The molecule has 0 unspecified atom stereocenters. The van der Waals surface area contributed by atoms with Gasteiger partial charge in [-0.15, -0.1) is 0 Å². The second-order valence-electron chi connectivity index (χ2n) is 21.5. The fourth-order valence-electron chi connectivity index (χ4n) is 14.3. The second kappa shape index (κ2) is 16.5. The molecule has 2 aliphatic rings. The molecule has 18 rings (SSSR count). The Morgan fingerprint density at radius 2 is 0.646 bits per heavy atom. The molecule has 10 aromatic carbocycles. The average Bonchev–Trinajstić information content (AvgIpc) is 1.90. The number of nitrogens with zero attached hydrogens (tertiary/aromatic N) is 8. The van der Waals surface area contributed by atoms with Crippen molar-refractivity contribution in [2.24, 2.45) is 0 Å². The van der Waals surface area contributed by atoms with Crippen LogP contribution in [0, 0.1) is 22.7 Å². The molecule has 8 nitrogen and oxygen atoms in total. The molecule has 0 saturated heterocycles. The topological polar surface area (TPSA) is 93.1 Å².